The van der Waals surface area contributed by atoms with E-state index in [-0.39, 0.29) is 0 Å². The number of methoxy groups -OCH3 is 1. The minimum atomic E-state index is 0.478. The smallest absolute Gasteiger partial charge is 0.193 e. The number of hydrogen-bond donors (Lipinski definition) is 2. The zero-order valence-electron chi connectivity index (χ0n) is 15.8. The van der Waals surface area contributed by atoms with Gasteiger partial charge in [-0.15, -0.1) is 0 Å². The molecule has 1 atom stereocenters. The fourth-order valence-electron chi connectivity index (χ4n) is 3.55. The minimum absolute atomic E-state index is 0.478. The lowest BCUT2D eigenvalue weighted by Gasteiger charge is -2.21. The van der Waals surface area contributed by atoms with Gasteiger partial charge in [0.25, 0.3) is 0 Å². The summed E-state index contributed by atoms with van der Waals surface area (Å²) in [5, 5.41) is 3.20. The fraction of sp³-hybridized carbons (Fsp3) is 0.381. The van der Waals surface area contributed by atoms with Crippen molar-refractivity contribution in [1.29, 1.82) is 0 Å². The van der Waals surface area contributed by atoms with E-state index >= 15 is 0 Å². The molecule has 1 heterocycles. The summed E-state index contributed by atoms with van der Waals surface area (Å²) in [6.07, 6.45) is 1.11. The molecular weight excluding hydrogens is 324 g/mol. The summed E-state index contributed by atoms with van der Waals surface area (Å²) < 4.78 is 5.48. The molecule has 1 fully saturated rings. The third kappa shape index (κ3) is 4.48. The van der Waals surface area contributed by atoms with E-state index in [9.17, 15) is 0 Å². The highest BCUT2D eigenvalue weighted by atomic mass is 16.5. The molecule has 0 radical (unpaired) electrons. The first-order valence-corrected chi connectivity index (χ1v) is 9.08. The Labute approximate surface area is 155 Å². The summed E-state index contributed by atoms with van der Waals surface area (Å²) in [6.45, 7) is 6.88. The van der Waals surface area contributed by atoms with Crippen LogP contribution in [0.4, 0.5) is 11.4 Å². The van der Waals surface area contributed by atoms with Crippen LogP contribution < -0.4 is 20.7 Å². The molecule has 2 aromatic rings. The van der Waals surface area contributed by atoms with Gasteiger partial charge in [0, 0.05) is 25.3 Å². The topological polar surface area (TPSA) is 62.9 Å². The second kappa shape index (κ2) is 8.13. The van der Waals surface area contributed by atoms with Crippen LogP contribution in [0.1, 0.15) is 17.5 Å². The van der Waals surface area contributed by atoms with Crippen LogP contribution in [0.15, 0.2) is 47.5 Å². The maximum Gasteiger partial charge on any atom is 0.193 e. The monoisotopic (exact) mass is 352 g/mol. The van der Waals surface area contributed by atoms with Crippen molar-refractivity contribution in [2.24, 2.45) is 16.6 Å². The molecule has 1 aliphatic heterocycles. The number of para-hydroxylation sites is 2. The second-order valence-electron chi connectivity index (χ2n) is 7.00. The highest BCUT2D eigenvalue weighted by molar-refractivity contribution is 5.92. The van der Waals surface area contributed by atoms with Crippen LogP contribution in [-0.2, 0) is 0 Å². The summed E-state index contributed by atoms with van der Waals surface area (Å²) in [6, 6.07) is 14.5. The number of nitrogens with zero attached hydrogens (tertiary/aromatic N) is 2. The molecule has 3 N–H and O–H groups in total. The van der Waals surface area contributed by atoms with Crippen LogP contribution in [0.2, 0.25) is 0 Å². The predicted octanol–water partition coefficient (Wildman–Crippen LogP) is 3.57. The van der Waals surface area contributed by atoms with Gasteiger partial charge >= 0.3 is 0 Å². The Hall–Kier alpha value is -2.69. The minimum Gasteiger partial charge on any atom is -0.495 e. The molecule has 2 aromatic carbocycles. The molecule has 0 amide bonds. The molecule has 0 saturated carbocycles. The number of hydrogen-bond acceptors (Lipinski definition) is 3. The Morgan fingerprint density at radius 3 is 2.69 bits per heavy atom. The predicted molar refractivity (Wildman–Crippen MR) is 109 cm³/mol. The summed E-state index contributed by atoms with van der Waals surface area (Å²) in [7, 11) is 1.72. The van der Waals surface area contributed by atoms with Crippen LogP contribution in [-0.4, -0.2) is 32.7 Å². The van der Waals surface area contributed by atoms with Crippen LogP contribution in [0.3, 0.4) is 0 Å². The molecule has 0 aromatic heterocycles. The van der Waals surface area contributed by atoms with E-state index in [0.717, 1.165) is 43.2 Å². The number of aryl methyl sites for hydroxylation is 2. The molecule has 1 unspecified atom stereocenters. The van der Waals surface area contributed by atoms with E-state index in [1.807, 2.05) is 12.1 Å². The molecule has 0 bridgehead atoms. The van der Waals surface area contributed by atoms with Gasteiger partial charge < -0.3 is 20.7 Å². The van der Waals surface area contributed by atoms with Gasteiger partial charge in [-0.3, -0.25) is 4.99 Å². The SMILES string of the molecule is COc1ccccc1N1CCC(CN=C(N)Nc2cc(C)cc(C)c2)C1. The maximum absolute atomic E-state index is 6.08. The van der Waals surface area contributed by atoms with Crippen molar-refractivity contribution in [2.75, 3.05) is 37.0 Å². The van der Waals surface area contributed by atoms with Crippen LogP contribution in [0, 0.1) is 19.8 Å². The first-order chi connectivity index (χ1) is 12.5. The molecular formula is C21H28N4O. The molecule has 5 nitrogen and oxygen atoms in total. The normalized spacial score (nSPS) is 17.4. The van der Waals surface area contributed by atoms with Crippen LogP contribution in [0.25, 0.3) is 0 Å². The van der Waals surface area contributed by atoms with Crippen molar-refractivity contribution in [1.82, 2.24) is 0 Å². The highest BCUT2D eigenvalue weighted by Crippen LogP contribution is 2.31. The van der Waals surface area contributed by atoms with E-state index in [0.29, 0.717) is 11.9 Å². The number of benzene rings is 2. The van der Waals surface area contributed by atoms with Gasteiger partial charge in [-0.1, -0.05) is 18.2 Å². The average Bonchev–Trinajstić information content (AvgIpc) is 3.08. The Balaban J connectivity index is 1.57. The van der Waals surface area contributed by atoms with Crippen molar-refractivity contribution in [2.45, 2.75) is 20.3 Å². The van der Waals surface area contributed by atoms with Gasteiger partial charge in [0.15, 0.2) is 5.96 Å². The second-order valence-corrected chi connectivity index (χ2v) is 7.00. The van der Waals surface area contributed by atoms with E-state index < -0.39 is 0 Å². The lowest BCUT2D eigenvalue weighted by atomic mass is 10.1. The summed E-state index contributed by atoms with van der Waals surface area (Å²) in [5.41, 5.74) is 10.7. The van der Waals surface area contributed by atoms with Crippen molar-refractivity contribution < 1.29 is 4.74 Å². The number of nitrogens with one attached hydrogen (secondary N) is 1. The van der Waals surface area contributed by atoms with Gasteiger partial charge in [-0.2, -0.15) is 0 Å². The molecule has 1 saturated heterocycles. The zero-order chi connectivity index (χ0) is 18.5. The van der Waals surface area contributed by atoms with E-state index in [1.165, 1.54) is 11.1 Å². The summed E-state index contributed by atoms with van der Waals surface area (Å²) >= 11 is 0. The molecule has 1 aliphatic rings. The number of rotatable bonds is 5. The molecule has 0 spiro atoms. The van der Waals surface area contributed by atoms with Crippen molar-refractivity contribution >= 4 is 17.3 Å². The standard InChI is InChI=1S/C21H28N4O/c1-15-10-16(2)12-18(11-15)24-21(22)23-13-17-8-9-25(14-17)19-6-4-5-7-20(19)26-3/h4-7,10-12,17H,8-9,13-14H2,1-3H3,(H3,22,23,24). The van der Waals surface area contributed by atoms with Crippen LogP contribution in [0.5, 0.6) is 5.75 Å². The Kier molecular flexibility index (Phi) is 5.66. The Morgan fingerprint density at radius 2 is 1.96 bits per heavy atom. The van der Waals surface area contributed by atoms with Gasteiger partial charge in [0.2, 0.25) is 0 Å². The van der Waals surface area contributed by atoms with E-state index in [4.69, 9.17) is 10.5 Å². The first-order valence-electron chi connectivity index (χ1n) is 9.08. The molecule has 3 rings (SSSR count). The lowest BCUT2D eigenvalue weighted by molar-refractivity contribution is 0.414. The van der Waals surface area contributed by atoms with Gasteiger partial charge in [0.05, 0.1) is 12.8 Å². The maximum atomic E-state index is 6.08. The number of aliphatic imine (C=N–C) groups is 1. The van der Waals surface area contributed by atoms with Crippen molar-refractivity contribution in [3.8, 4) is 5.75 Å². The van der Waals surface area contributed by atoms with Crippen molar-refractivity contribution in [3.05, 3.63) is 53.6 Å². The third-order valence-corrected chi connectivity index (χ3v) is 4.73. The summed E-state index contributed by atoms with van der Waals surface area (Å²) in [4.78, 5) is 6.92. The first kappa shape index (κ1) is 18.1. The molecule has 0 aliphatic carbocycles. The molecule has 26 heavy (non-hydrogen) atoms. The van der Waals surface area contributed by atoms with Gasteiger partial charge in [-0.05, 0) is 61.6 Å². The number of guanidine groups is 1. The lowest BCUT2D eigenvalue weighted by Crippen LogP contribution is -2.25. The average molecular weight is 352 g/mol. The van der Waals surface area contributed by atoms with Gasteiger partial charge in [-0.25, -0.2) is 0 Å². The van der Waals surface area contributed by atoms with Gasteiger partial charge in [0.1, 0.15) is 5.75 Å². The largest absolute Gasteiger partial charge is 0.495 e. The van der Waals surface area contributed by atoms with E-state index in [2.05, 4.69) is 59.4 Å². The Morgan fingerprint density at radius 1 is 1.23 bits per heavy atom. The fourth-order valence-corrected chi connectivity index (χ4v) is 3.55. The number of anilines is 2. The van der Waals surface area contributed by atoms with E-state index in [1.54, 1.807) is 7.11 Å². The number of nitrogens with two attached hydrogens (primary N) is 1. The molecule has 5 heteroatoms. The quantitative estimate of drug-likeness (QED) is 0.638. The third-order valence-electron chi connectivity index (χ3n) is 4.73. The summed E-state index contributed by atoms with van der Waals surface area (Å²) in [5.74, 6) is 1.90. The Bertz CT molecular complexity index is 767. The zero-order valence-corrected chi connectivity index (χ0v) is 15.8. The highest BCUT2D eigenvalue weighted by Gasteiger charge is 2.24. The van der Waals surface area contributed by atoms with Crippen LogP contribution >= 0.6 is 0 Å². The number of ether oxygens (including phenoxy) is 1. The molecule has 138 valence electrons. The van der Waals surface area contributed by atoms with Crippen molar-refractivity contribution in [3.63, 3.8) is 0 Å².